The van der Waals surface area contributed by atoms with E-state index < -0.39 is 5.24 Å². The standard InChI is InChI=1S/C2H4ClNO.H2O/c3-2(5)1-4;/h1,4H2;1H2. The van der Waals surface area contributed by atoms with Gasteiger partial charge in [0.1, 0.15) is 0 Å². The molecule has 0 bridgehead atoms. The smallest absolute Gasteiger partial charge is 0.235 e. The van der Waals surface area contributed by atoms with Gasteiger partial charge < -0.3 is 11.2 Å². The minimum absolute atomic E-state index is 0. The summed E-state index contributed by atoms with van der Waals surface area (Å²) in [5, 5.41) is -0.495. The molecule has 0 heterocycles. The monoisotopic (exact) mass is 111 g/mol. The van der Waals surface area contributed by atoms with Crippen molar-refractivity contribution < 1.29 is 10.3 Å². The van der Waals surface area contributed by atoms with Crippen molar-refractivity contribution in [2.45, 2.75) is 0 Å². The highest BCUT2D eigenvalue weighted by atomic mass is 35.5. The molecule has 0 radical (unpaired) electrons. The van der Waals surface area contributed by atoms with E-state index in [2.05, 4.69) is 5.73 Å². The molecule has 0 fully saturated rings. The number of nitrogens with two attached hydrogens (primary N) is 1. The van der Waals surface area contributed by atoms with Crippen LogP contribution in [0, 0.1) is 0 Å². The number of carbonyl (C=O) groups is 1. The molecule has 0 amide bonds. The summed E-state index contributed by atoms with van der Waals surface area (Å²) < 4.78 is 0. The number of hydrogen-bond donors (Lipinski definition) is 1. The first-order valence-corrected chi connectivity index (χ1v) is 1.53. The SMILES string of the molecule is NCC(=O)Cl.O. The summed E-state index contributed by atoms with van der Waals surface area (Å²) in [6, 6.07) is 0. The van der Waals surface area contributed by atoms with E-state index in [4.69, 9.17) is 11.6 Å². The molecule has 38 valence electrons. The van der Waals surface area contributed by atoms with E-state index in [1.807, 2.05) is 0 Å². The normalized spacial score (nSPS) is 6.33. The summed E-state index contributed by atoms with van der Waals surface area (Å²) >= 11 is 4.70. The van der Waals surface area contributed by atoms with Crippen molar-refractivity contribution >= 4 is 16.8 Å². The third kappa shape index (κ3) is 9.11. The van der Waals surface area contributed by atoms with Gasteiger partial charge in [-0.25, -0.2) is 0 Å². The minimum atomic E-state index is -0.495. The summed E-state index contributed by atoms with van der Waals surface area (Å²) in [6.45, 7) is -0.0679. The largest absolute Gasteiger partial charge is 0.412 e. The van der Waals surface area contributed by atoms with Crippen molar-refractivity contribution in [2.75, 3.05) is 6.54 Å². The quantitative estimate of drug-likeness (QED) is 0.436. The van der Waals surface area contributed by atoms with Crippen LogP contribution in [0.1, 0.15) is 0 Å². The van der Waals surface area contributed by atoms with E-state index in [0.717, 1.165) is 0 Å². The minimum Gasteiger partial charge on any atom is -0.412 e. The predicted molar refractivity (Wildman–Crippen MR) is 23.5 cm³/mol. The molecular weight excluding hydrogens is 105 g/mol. The van der Waals surface area contributed by atoms with Crippen LogP contribution in [-0.4, -0.2) is 17.3 Å². The van der Waals surface area contributed by atoms with Gasteiger partial charge >= 0.3 is 0 Å². The van der Waals surface area contributed by atoms with Crippen LogP contribution in [0.3, 0.4) is 0 Å². The van der Waals surface area contributed by atoms with Crippen LogP contribution in [0.25, 0.3) is 0 Å². The van der Waals surface area contributed by atoms with Gasteiger partial charge in [-0.05, 0) is 11.6 Å². The van der Waals surface area contributed by atoms with Crippen molar-refractivity contribution in [3.05, 3.63) is 0 Å². The van der Waals surface area contributed by atoms with Crippen LogP contribution in [0.15, 0.2) is 0 Å². The van der Waals surface area contributed by atoms with Gasteiger partial charge in [0, 0.05) is 0 Å². The zero-order valence-electron chi connectivity index (χ0n) is 3.07. The fraction of sp³-hybridized carbons (Fsp3) is 0.500. The molecule has 3 nitrogen and oxygen atoms in total. The molecule has 0 aliphatic carbocycles. The maximum absolute atomic E-state index is 9.45. The van der Waals surface area contributed by atoms with E-state index >= 15 is 0 Å². The zero-order valence-corrected chi connectivity index (χ0v) is 3.83. The summed E-state index contributed by atoms with van der Waals surface area (Å²) in [7, 11) is 0. The Balaban J connectivity index is 0. The lowest BCUT2D eigenvalue weighted by molar-refractivity contribution is -0.110. The van der Waals surface area contributed by atoms with E-state index in [1.165, 1.54) is 0 Å². The molecule has 0 spiro atoms. The Kier molecular flexibility index (Phi) is 7.57. The summed E-state index contributed by atoms with van der Waals surface area (Å²) in [4.78, 5) is 9.45. The Labute approximate surface area is 40.4 Å². The second-order valence-electron chi connectivity index (χ2n) is 0.559. The maximum atomic E-state index is 9.45. The first kappa shape index (κ1) is 9.30. The number of halogens is 1. The van der Waals surface area contributed by atoms with Gasteiger partial charge in [-0.3, -0.25) is 4.79 Å². The Morgan fingerprint density at radius 3 is 2.00 bits per heavy atom. The lowest BCUT2D eigenvalue weighted by Gasteiger charge is -1.69. The summed E-state index contributed by atoms with van der Waals surface area (Å²) in [5.41, 5.74) is 4.69. The predicted octanol–water partition coefficient (Wildman–Crippen LogP) is -1.11. The first-order valence-electron chi connectivity index (χ1n) is 1.15. The van der Waals surface area contributed by atoms with E-state index in [9.17, 15) is 4.79 Å². The Morgan fingerprint density at radius 1 is 1.83 bits per heavy atom. The lowest BCUT2D eigenvalue weighted by atomic mass is 10.8. The van der Waals surface area contributed by atoms with Gasteiger partial charge in [0.15, 0.2) is 0 Å². The van der Waals surface area contributed by atoms with Crippen molar-refractivity contribution in [2.24, 2.45) is 5.73 Å². The molecule has 4 heteroatoms. The Hall–Kier alpha value is -0.120. The molecule has 0 saturated heterocycles. The van der Waals surface area contributed by atoms with Crippen molar-refractivity contribution in [3.63, 3.8) is 0 Å². The van der Waals surface area contributed by atoms with Crippen LogP contribution in [0.5, 0.6) is 0 Å². The molecule has 0 aromatic rings. The zero-order chi connectivity index (χ0) is 4.28. The Morgan fingerprint density at radius 2 is 2.00 bits per heavy atom. The highest BCUT2D eigenvalue weighted by Gasteiger charge is 1.81. The molecule has 0 unspecified atom stereocenters. The third-order valence-electron chi connectivity index (χ3n) is 0.160. The Bertz CT molecular complexity index is 46.8. The van der Waals surface area contributed by atoms with Crippen LogP contribution in [-0.2, 0) is 4.79 Å². The molecule has 4 N–H and O–H groups in total. The number of carbonyl (C=O) groups excluding carboxylic acids is 1. The van der Waals surface area contributed by atoms with Crippen molar-refractivity contribution in [1.29, 1.82) is 0 Å². The number of hydrogen-bond acceptors (Lipinski definition) is 2. The van der Waals surface area contributed by atoms with Crippen LogP contribution in [0.4, 0.5) is 0 Å². The molecule has 0 aromatic carbocycles. The maximum Gasteiger partial charge on any atom is 0.235 e. The average Bonchev–Trinajstić information content (AvgIpc) is 1.38. The fourth-order valence-electron chi connectivity index (χ4n) is 0. The second kappa shape index (κ2) is 4.88. The highest BCUT2D eigenvalue weighted by Crippen LogP contribution is 1.68. The molecule has 0 aliphatic heterocycles. The summed E-state index contributed by atoms with van der Waals surface area (Å²) in [5.74, 6) is 0. The van der Waals surface area contributed by atoms with E-state index in [-0.39, 0.29) is 12.0 Å². The van der Waals surface area contributed by atoms with E-state index in [0.29, 0.717) is 0 Å². The molecule has 0 saturated carbocycles. The van der Waals surface area contributed by atoms with Gasteiger partial charge in [0.25, 0.3) is 0 Å². The van der Waals surface area contributed by atoms with Gasteiger partial charge in [-0.15, -0.1) is 0 Å². The fourth-order valence-corrected chi connectivity index (χ4v) is 0. The van der Waals surface area contributed by atoms with Crippen LogP contribution in [0.2, 0.25) is 0 Å². The average molecular weight is 112 g/mol. The highest BCUT2D eigenvalue weighted by molar-refractivity contribution is 6.64. The summed E-state index contributed by atoms with van der Waals surface area (Å²) in [6.07, 6.45) is 0. The molecule has 0 rings (SSSR count). The first-order chi connectivity index (χ1) is 2.27. The molecular formula is C2H6ClNO2. The molecule has 0 atom stereocenters. The van der Waals surface area contributed by atoms with Crippen LogP contribution < -0.4 is 5.73 Å². The van der Waals surface area contributed by atoms with Gasteiger partial charge in [0.05, 0.1) is 6.54 Å². The van der Waals surface area contributed by atoms with E-state index in [1.54, 1.807) is 0 Å². The molecule has 0 aliphatic rings. The van der Waals surface area contributed by atoms with Gasteiger partial charge in [0.2, 0.25) is 5.24 Å². The third-order valence-corrected chi connectivity index (χ3v) is 0.315. The molecule has 0 aromatic heterocycles. The van der Waals surface area contributed by atoms with Gasteiger partial charge in [-0.2, -0.15) is 0 Å². The van der Waals surface area contributed by atoms with Gasteiger partial charge in [-0.1, -0.05) is 0 Å². The topological polar surface area (TPSA) is 74.6 Å². The second-order valence-corrected chi connectivity index (χ2v) is 0.981. The van der Waals surface area contributed by atoms with Crippen molar-refractivity contribution in [1.82, 2.24) is 0 Å². The lowest BCUT2D eigenvalue weighted by Crippen LogP contribution is -2.05. The van der Waals surface area contributed by atoms with Crippen molar-refractivity contribution in [3.8, 4) is 0 Å². The number of rotatable bonds is 1. The van der Waals surface area contributed by atoms with Crippen LogP contribution >= 0.6 is 11.6 Å². The molecule has 6 heavy (non-hydrogen) atoms.